The SMILES string of the molecule is COC(=O)C(C)CN(C)C(=O)c1cc(=O)[nH]c(=O)[nH]1. The lowest BCUT2D eigenvalue weighted by Crippen LogP contribution is -2.36. The van der Waals surface area contributed by atoms with Crippen molar-refractivity contribution in [2.45, 2.75) is 6.92 Å². The molecule has 0 bridgehead atoms. The third-order valence-corrected chi connectivity index (χ3v) is 2.49. The molecule has 0 aliphatic carbocycles. The van der Waals surface area contributed by atoms with Gasteiger partial charge in [0.25, 0.3) is 11.5 Å². The maximum atomic E-state index is 11.9. The monoisotopic (exact) mass is 269 g/mol. The standard InChI is InChI=1S/C11H15N3O5/c1-6(10(17)19-3)5-14(2)9(16)7-4-8(15)13-11(18)12-7/h4,6H,5H2,1-3H3,(H2,12,13,15,18). The normalized spacial score (nSPS) is 11.7. The van der Waals surface area contributed by atoms with E-state index in [0.717, 1.165) is 6.07 Å². The van der Waals surface area contributed by atoms with E-state index < -0.39 is 29.0 Å². The van der Waals surface area contributed by atoms with E-state index in [1.54, 1.807) is 6.92 Å². The van der Waals surface area contributed by atoms with Gasteiger partial charge < -0.3 is 14.6 Å². The maximum absolute atomic E-state index is 11.9. The van der Waals surface area contributed by atoms with E-state index in [9.17, 15) is 19.2 Å². The fraction of sp³-hybridized carbons (Fsp3) is 0.455. The van der Waals surface area contributed by atoms with E-state index in [1.807, 2.05) is 4.98 Å². The Labute approximate surface area is 108 Å². The van der Waals surface area contributed by atoms with Crippen molar-refractivity contribution < 1.29 is 14.3 Å². The topological polar surface area (TPSA) is 112 Å². The fourth-order valence-electron chi connectivity index (χ4n) is 1.56. The number of nitrogens with zero attached hydrogens (tertiary/aromatic N) is 1. The van der Waals surface area contributed by atoms with Gasteiger partial charge in [-0.2, -0.15) is 0 Å². The molecule has 8 heteroatoms. The van der Waals surface area contributed by atoms with Crippen LogP contribution >= 0.6 is 0 Å². The second kappa shape index (κ2) is 5.98. The molecule has 1 rings (SSSR count). The predicted molar refractivity (Wildman–Crippen MR) is 65.8 cm³/mol. The van der Waals surface area contributed by atoms with Crippen LogP contribution in [0, 0.1) is 5.92 Å². The first-order valence-electron chi connectivity index (χ1n) is 5.52. The Kier molecular flexibility index (Phi) is 4.62. The zero-order valence-electron chi connectivity index (χ0n) is 10.9. The van der Waals surface area contributed by atoms with Gasteiger partial charge in [0.1, 0.15) is 5.69 Å². The van der Waals surface area contributed by atoms with Gasteiger partial charge in [-0.1, -0.05) is 6.92 Å². The number of H-pyrrole nitrogens is 2. The molecule has 0 saturated heterocycles. The van der Waals surface area contributed by atoms with Crippen LogP contribution in [0.4, 0.5) is 0 Å². The van der Waals surface area contributed by atoms with E-state index in [4.69, 9.17) is 0 Å². The van der Waals surface area contributed by atoms with Crippen LogP contribution in [-0.4, -0.2) is 47.4 Å². The lowest BCUT2D eigenvalue weighted by atomic mass is 10.1. The van der Waals surface area contributed by atoms with E-state index in [1.165, 1.54) is 19.1 Å². The molecule has 1 aromatic heterocycles. The predicted octanol–water partition coefficient (Wildman–Crippen LogP) is -1.06. The molecule has 0 spiro atoms. The average Bonchev–Trinajstić information content (AvgIpc) is 2.35. The van der Waals surface area contributed by atoms with Crippen LogP contribution in [-0.2, 0) is 9.53 Å². The Bertz CT molecular complexity index is 560. The summed E-state index contributed by atoms with van der Waals surface area (Å²) in [7, 11) is 2.72. The number of nitrogens with one attached hydrogen (secondary N) is 2. The molecule has 2 N–H and O–H groups in total. The van der Waals surface area contributed by atoms with Gasteiger partial charge in [-0.25, -0.2) is 4.79 Å². The molecule has 1 unspecified atom stereocenters. The molecular weight excluding hydrogens is 254 g/mol. The molecule has 0 aliphatic rings. The molecule has 1 heterocycles. The molecule has 1 aromatic rings. The highest BCUT2D eigenvalue weighted by Crippen LogP contribution is 2.03. The lowest BCUT2D eigenvalue weighted by Gasteiger charge is -2.19. The fourth-order valence-corrected chi connectivity index (χ4v) is 1.56. The Morgan fingerprint density at radius 3 is 2.53 bits per heavy atom. The first kappa shape index (κ1) is 14.7. The first-order chi connectivity index (χ1) is 8.85. The lowest BCUT2D eigenvalue weighted by molar-refractivity contribution is -0.145. The molecule has 104 valence electrons. The van der Waals surface area contributed by atoms with Gasteiger partial charge in [0, 0.05) is 19.7 Å². The van der Waals surface area contributed by atoms with Crippen molar-refractivity contribution in [1.29, 1.82) is 0 Å². The molecule has 19 heavy (non-hydrogen) atoms. The molecule has 1 amide bonds. The number of carbonyl (C=O) groups excluding carboxylic acids is 2. The number of aromatic amines is 2. The van der Waals surface area contributed by atoms with Gasteiger partial charge in [-0.05, 0) is 0 Å². The average molecular weight is 269 g/mol. The third kappa shape index (κ3) is 3.80. The summed E-state index contributed by atoms with van der Waals surface area (Å²) in [6, 6.07) is 0.989. The highest BCUT2D eigenvalue weighted by atomic mass is 16.5. The van der Waals surface area contributed by atoms with Gasteiger partial charge in [-0.15, -0.1) is 0 Å². The summed E-state index contributed by atoms with van der Waals surface area (Å²) in [5.41, 5.74) is -1.56. The molecular formula is C11H15N3O5. The largest absolute Gasteiger partial charge is 0.469 e. The second-order valence-electron chi connectivity index (χ2n) is 4.11. The van der Waals surface area contributed by atoms with E-state index >= 15 is 0 Å². The van der Waals surface area contributed by atoms with Crippen molar-refractivity contribution in [3.05, 3.63) is 32.6 Å². The minimum Gasteiger partial charge on any atom is -0.469 e. The van der Waals surface area contributed by atoms with Crippen LogP contribution in [0.3, 0.4) is 0 Å². The van der Waals surface area contributed by atoms with Gasteiger partial charge in [0.2, 0.25) is 0 Å². The smallest absolute Gasteiger partial charge is 0.326 e. The van der Waals surface area contributed by atoms with E-state index in [0.29, 0.717) is 0 Å². The molecule has 0 fully saturated rings. The number of amides is 1. The number of aromatic nitrogens is 2. The van der Waals surface area contributed by atoms with Crippen molar-refractivity contribution in [3.63, 3.8) is 0 Å². The van der Waals surface area contributed by atoms with Crippen LogP contribution in [0.5, 0.6) is 0 Å². The van der Waals surface area contributed by atoms with Crippen molar-refractivity contribution in [1.82, 2.24) is 14.9 Å². The van der Waals surface area contributed by atoms with E-state index in [-0.39, 0.29) is 12.2 Å². The first-order valence-corrected chi connectivity index (χ1v) is 5.52. The number of ether oxygens (including phenoxy) is 1. The number of hydrogen-bond acceptors (Lipinski definition) is 5. The molecule has 0 aromatic carbocycles. The number of hydrogen-bond donors (Lipinski definition) is 2. The molecule has 0 radical (unpaired) electrons. The minimum absolute atomic E-state index is 0.111. The van der Waals surface area contributed by atoms with Crippen LogP contribution in [0.15, 0.2) is 15.7 Å². The summed E-state index contributed by atoms with van der Waals surface area (Å²) in [5.74, 6) is -1.51. The van der Waals surface area contributed by atoms with Gasteiger partial charge in [0.15, 0.2) is 0 Å². The quantitative estimate of drug-likeness (QED) is 0.677. The van der Waals surface area contributed by atoms with Gasteiger partial charge in [0.05, 0.1) is 13.0 Å². The van der Waals surface area contributed by atoms with Crippen molar-refractivity contribution >= 4 is 11.9 Å². The zero-order valence-corrected chi connectivity index (χ0v) is 10.9. The summed E-state index contributed by atoms with van der Waals surface area (Å²) in [5, 5.41) is 0. The Balaban J connectivity index is 2.85. The number of carbonyl (C=O) groups is 2. The Hall–Kier alpha value is -2.38. The van der Waals surface area contributed by atoms with Gasteiger partial charge >= 0.3 is 11.7 Å². The summed E-state index contributed by atoms with van der Waals surface area (Å²) < 4.78 is 4.55. The van der Waals surface area contributed by atoms with Crippen LogP contribution in [0.2, 0.25) is 0 Å². The Morgan fingerprint density at radius 2 is 2.00 bits per heavy atom. The molecule has 0 saturated carbocycles. The van der Waals surface area contributed by atoms with Crippen LogP contribution in [0.25, 0.3) is 0 Å². The minimum atomic E-state index is -0.759. The highest BCUT2D eigenvalue weighted by molar-refractivity contribution is 5.92. The van der Waals surface area contributed by atoms with E-state index in [2.05, 4.69) is 9.72 Å². The Morgan fingerprint density at radius 1 is 1.37 bits per heavy atom. The van der Waals surface area contributed by atoms with Crippen molar-refractivity contribution in [2.75, 3.05) is 20.7 Å². The summed E-state index contributed by atoms with van der Waals surface area (Å²) in [6.07, 6.45) is 0. The second-order valence-corrected chi connectivity index (χ2v) is 4.11. The van der Waals surface area contributed by atoms with Gasteiger partial charge in [-0.3, -0.25) is 19.4 Å². The van der Waals surface area contributed by atoms with Crippen molar-refractivity contribution in [3.8, 4) is 0 Å². The molecule has 0 aliphatic heterocycles. The summed E-state index contributed by atoms with van der Waals surface area (Å²) >= 11 is 0. The van der Waals surface area contributed by atoms with Crippen molar-refractivity contribution in [2.24, 2.45) is 5.92 Å². The maximum Gasteiger partial charge on any atom is 0.326 e. The summed E-state index contributed by atoms with van der Waals surface area (Å²) in [6.45, 7) is 1.72. The van der Waals surface area contributed by atoms with Crippen LogP contribution < -0.4 is 11.2 Å². The zero-order chi connectivity index (χ0) is 14.6. The molecule has 8 nitrogen and oxygen atoms in total. The number of methoxy groups -OCH3 is 1. The highest BCUT2D eigenvalue weighted by Gasteiger charge is 2.20. The van der Waals surface area contributed by atoms with Crippen LogP contribution in [0.1, 0.15) is 17.4 Å². The molecule has 1 atom stereocenters. The summed E-state index contributed by atoms with van der Waals surface area (Å²) in [4.78, 5) is 50.8. The third-order valence-electron chi connectivity index (χ3n) is 2.49. The number of rotatable bonds is 4. The number of esters is 1.